The summed E-state index contributed by atoms with van der Waals surface area (Å²) in [6, 6.07) is 0.942. The van der Waals surface area contributed by atoms with Crippen LogP contribution >= 0.6 is 31.9 Å². The van der Waals surface area contributed by atoms with E-state index in [2.05, 4.69) is 66.5 Å². The maximum absolute atomic E-state index is 13.1. The van der Waals surface area contributed by atoms with E-state index in [4.69, 9.17) is 6.11 Å². The molecule has 0 spiro atoms. The number of aromatic amines is 1. The zero-order chi connectivity index (χ0) is 33.1. The average molecular weight is 757 g/mol. The van der Waals surface area contributed by atoms with Gasteiger partial charge in [-0.3, -0.25) is 27.3 Å². The van der Waals surface area contributed by atoms with Crippen LogP contribution in [0.25, 0.3) is 11.6 Å². The number of nitrogens with one attached hydrogen (secondary N) is 1. The second kappa shape index (κ2) is 13.4. The molecule has 234 valence electrons. The van der Waals surface area contributed by atoms with Gasteiger partial charge < -0.3 is 9.72 Å². The molecule has 0 aliphatic carbocycles. The van der Waals surface area contributed by atoms with Gasteiger partial charge in [-0.1, -0.05) is 19.6 Å². The summed E-state index contributed by atoms with van der Waals surface area (Å²) in [4.78, 5) is 33.3. The summed E-state index contributed by atoms with van der Waals surface area (Å²) < 4.78 is 100. The molecule has 42 heavy (non-hydrogen) atoms. The Morgan fingerprint density at radius 2 is 1.45 bits per heavy atom. The Hall–Kier alpha value is -2.51. The number of hydrogen-bond donors (Lipinski definition) is 1. The predicted octanol–water partition coefficient (Wildman–Crippen LogP) is 6.60. The minimum atomic E-state index is -4.71. The van der Waals surface area contributed by atoms with Crippen LogP contribution in [0.3, 0.4) is 0 Å². The van der Waals surface area contributed by atoms with E-state index >= 15 is 0 Å². The molecule has 19 heteroatoms. The Morgan fingerprint density at radius 1 is 0.952 bits per heavy atom. The second-order valence-electron chi connectivity index (χ2n) is 10.0. The number of H-pyrrole nitrogens is 1. The summed E-state index contributed by atoms with van der Waals surface area (Å²) in [5.41, 5.74) is -2.89. The molecule has 0 aliphatic rings. The highest BCUT2D eigenvalue weighted by molar-refractivity contribution is 9.10. The van der Waals surface area contributed by atoms with Gasteiger partial charge in [0.15, 0.2) is 11.4 Å². The van der Waals surface area contributed by atoms with Crippen LogP contribution < -0.4 is 11.1 Å². The third-order valence-electron chi connectivity index (χ3n) is 5.47. The second-order valence-corrected chi connectivity index (χ2v) is 17.2. The van der Waals surface area contributed by atoms with Crippen molar-refractivity contribution in [3.63, 3.8) is 0 Å². The van der Waals surface area contributed by atoms with Crippen molar-refractivity contribution >= 4 is 51.5 Å². The van der Waals surface area contributed by atoms with Crippen LogP contribution in [0.5, 0.6) is 0 Å². The van der Waals surface area contributed by atoms with E-state index in [0.717, 1.165) is 14.8 Å². The van der Waals surface area contributed by atoms with Gasteiger partial charge in [0.2, 0.25) is 11.6 Å². The number of aryl methyl sites for hydroxylation is 2. The van der Waals surface area contributed by atoms with Crippen molar-refractivity contribution in [1.29, 1.82) is 0 Å². The molecule has 9 nitrogen and oxygen atoms in total. The van der Waals surface area contributed by atoms with Crippen LogP contribution in [0, 0.1) is 13.8 Å². The van der Waals surface area contributed by atoms with Gasteiger partial charge in [-0.15, -0.1) is 0 Å². The van der Waals surface area contributed by atoms with E-state index in [9.17, 15) is 40.3 Å². The van der Waals surface area contributed by atoms with E-state index in [1.54, 1.807) is 13.8 Å². The highest BCUT2D eigenvalue weighted by Gasteiger charge is 2.38. The third-order valence-corrected chi connectivity index (χ3v) is 8.60. The number of ether oxygens (including phenoxy) is 1. The quantitative estimate of drug-likeness (QED) is 0.141. The first-order chi connectivity index (χ1) is 19.6. The molecule has 0 fully saturated rings. The predicted molar refractivity (Wildman–Crippen MR) is 151 cm³/mol. The molecule has 0 radical (unpaired) electrons. The van der Waals surface area contributed by atoms with Gasteiger partial charge in [0.1, 0.15) is 15.7 Å². The molecule has 0 aliphatic heterocycles. The zero-order valence-corrected chi connectivity index (χ0v) is 27.0. The Balaban J connectivity index is 0.000000293. The molecule has 4 aromatic rings. The van der Waals surface area contributed by atoms with Crippen LogP contribution in [0.2, 0.25) is 25.7 Å². The fraction of sp³-hybridized carbons (Fsp3) is 0.478. The van der Waals surface area contributed by atoms with Crippen molar-refractivity contribution in [2.45, 2.75) is 58.6 Å². The molecule has 0 bridgehead atoms. The summed E-state index contributed by atoms with van der Waals surface area (Å²) >= 11 is 5.32. The smallest absolute Gasteiger partial charge is 0.361 e. The normalized spacial score (nSPS) is 12.6. The van der Waals surface area contributed by atoms with Crippen LogP contribution in [-0.2, 0) is 23.8 Å². The molecule has 0 aromatic carbocycles. The van der Waals surface area contributed by atoms with Gasteiger partial charge >= 0.3 is 12.4 Å². The lowest BCUT2D eigenvalue weighted by atomic mass is 10.4. The Morgan fingerprint density at radius 3 is 1.95 bits per heavy atom. The third kappa shape index (κ3) is 8.31. The lowest BCUT2D eigenvalue weighted by Gasteiger charge is -2.16. The maximum atomic E-state index is 13.1. The number of aromatic nitrogens is 6. The maximum Gasteiger partial charge on any atom is 0.434 e. The highest BCUT2D eigenvalue weighted by atomic mass is 79.9. The molecule has 4 aromatic heterocycles. The van der Waals surface area contributed by atoms with E-state index in [1.807, 2.05) is 0 Å². The SMILES string of the molecule is Cc1cn2c(=O)c(Br)c(C(F)(F)F)nc2[nH]1.Cc1cn2c(=O)c(Br)c(C(F)(F)F)nc2n1COCC[Si](C)(C)C.[2H]CF. The van der Waals surface area contributed by atoms with Crippen molar-refractivity contribution < 1.29 is 36.8 Å². The average Bonchev–Trinajstić information content (AvgIpc) is 3.39. The van der Waals surface area contributed by atoms with Gasteiger partial charge in [-0.2, -0.15) is 26.3 Å². The van der Waals surface area contributed by atoms with Gasteiger partial charge in [-0.05, 0) is 51.8 Å². The molecule has 0 saturated carbocycles. The Labute approximate surface area is 253 Å². The molecular weight excluding hydrogens is 729 g/mol. The molecule has 1 N–H and O–H groups in total. The van der Waals surface area contributed by atoms with E-state index in [0.29, 0.717) is 18.0 Å². The number of halogens is 9. The monoisotopic (exact) mass is 755 g/mol. The first kappa shape index (κ1) is 34.0. The van der Waals surface area contributed by atoms with Gasteiger partial charge in [0, 0.05) is 38.5 Å². The van der Waals surface area contributed by atoms with E-state index in [-0.39, 0.29) is 18.3 Å². The number of hydrogen-bond acceptors (Lipinski definition) is 5. The van der Waals surface area contributed by atoms with Crippen molar-refractivity contribution in [2.75, 3.05) is 13.8 Å². The first-order valence-electron chi connectivity index (χ1n) is 12.5. The molecule has 0 amide bonds. The summed E-state index contributed by atoms with van der Waals surface area (Å²) in [6.45, 7) is 10.5. The number of rotatable bonds is 5. The summed E-state index contributed by atoms with van der Waals surface area (Å²) in [5, 5.41) is 0. The first-order valence-corrected chi connectivity index (χ1v) is 17.1. The molecule has 0 saturated heterocycles. The fourth-order valence-electron chi connectivity index (χ4n) is 3.41. The number of nitrogens with zero attached hydrogens (tertiary/aromatic N) is 5. The standard InChI is InChI=1S/C14H19BrF3N3O2Si.C8H5BrF3N3O.CH3F/c1-9-7-20-12(22)10(15)11(14(16,17)18)19-13(20)21(9)8-23-5-6-24(2,3)4;1-3-2-15-6(16)4(9)5(8(10,11)12)14-7(15)13-3;1-2/h7H,5-6,8H2,1-4H3;2H,1H3,(H,13,14);1H3/i;;1D. The topological polar surface area (TPSA) is 98.7 Å². The summed E-state index contributed by atoms with van der Waals surface area (Å²) in [7, 11) is -2.26. The zero-order valence-electron chi connectivity index (χ0n) is 23.8. The minimum absolute atomic E-state index is 0.0538. The van der Waals surface area contributed by atoms with E-state index < -0.39 is 59.0 Å². The van der Waals surface area contributed by atoms with Crippen LogP contribution in [0.1, 0.15) is 24.1 Å². The molecule has 4 rings (SSSR count). The van der Waals surface area contributed by atoms with Gasteiger partial charge in [0.25, 0.3) is 11.1 Å². The number of fused-ring (bicyclic) bond motifs is 2. The Kier molecular flexibility index (Phi) is 10.9. The lowest BCUT2D eigenvalue weighted by molar-refractivity contribution is -0.142. The van der Waals surface area contributed by atoms with Crippen molar-refractivity contribution in [3.05, 3.63) is 64.8 Å². The van der Waals surface area contributed by atoms with Crippen molar-refractivity contribution in [3.8, 4) is 0 Å². The molecule has 0 unspecified atom stereocenters. The Bertz CT molecular complexity index is 1690. The van der Waals surface area contributed by atoms with E-state index in [1.165, 1.54) is 17.0 Å². The van der Waals surface area contributed by atoms with Crippen LogP contribution in [0.4, 0.5) is 30.7 Å². The van der Waals surface area contributed by atoms with Crippen molar-refractivity contribution in [1.82, 2.24) is 28.3 Å². The van der Waals surface area contributed by atoms with Crippen LogP contribution in [0.15, 0.2) is 30.9 Å². The van der Waals surface area contributed by atoms with Crippen LogP contribution in [-0.4, -0.2) is 50.2 Å². The lowest BCUT2D eigenvalue weighted by Crippen LogP contribution is -2.23. The summed E-state index contributed by atoms with van der Waals surface area (Å²) in [6.07, 6.45) is -6.53. The van der Waals surface area contributed by atoms with Crippen molar-refractivity contribution in [2.24, 2.45) is 0 Å². The van der Waals surface area contributed by atoms with Gasteiger partial charge in [0.05, 0.1) is 8.52 Å². The van der Waals surface area contributed by atoms with Gasteiger partial charge in [-0.25, -0.2) is 9.97 Å². The minimum Gasteiger partial charge on any atom is -0.361 e. The molecular formula is C23H27Br2F7N6O3Si. The fourth-order valence-corrected chi connectivity index (χ4v) is 5.18. The molecule has 0 atom stereocenters. The highest BCUT2D eigenvalue weighted by Crippen LogP contribution is 2.33. The summed E-state index contributed by atoms with van der Waals surface area (Å²) in [5.74, 6) is -0.209. The molecule has 4 heterocycles. The number of imidazole rings is 2. The number of alkyl halides is 7. The largest absolute Gasteiger partial charge is 0.434 e.